The summed E-state index contributed by atoms with van der Waals surface area (Å²) in [7, 11) is 3.35. The number of fused-ring (bicyclic) bond motifs is 1. The molecule has 2 N–H and O–H groups in total. The molecule has 0 amide bonds. The number of nitrogens with two attached hydrogens (primary N) is 1. The number of hydrogen-bond donors (Lipinski definition) is 1. The van der Waals surface area contributed by atoms with Crippen LogP contribution in [0.25, 0.3) is 0 Å². The zero-order valence-electron chi connectivity index (χ0n) is 12.3. The molecular formula is C16H24N2O2. The summed E-state index contributed by atoms with van der Waals surface area (Å²) in [6.07, 6.45) is 2.51. The number of ether oxygens (including phenoxy) is 2. The van der Waals surface area contributed by atoms with Crippen LogP contribution in [0.4, 0.5) is 0 Å². The lowest BCUT2D eigenvalue weighted by molar-refractivity contribution is 0.297. The fraction of sp³-hybridized carbons (Fsp3) is 0.625. The molecule has 1 heterocycles. The van der Waals surface area contributed by atoms with Gasteiger partial charge in [0.15, 0.2) is 11.5 Å². The molecule has 2 aliphatic rings. The Morgan fingerprint density at radius 3 is 2.65 bits per heavy atom. The maximum absolute atomic E-state index is 6.20. The van der Waals surface area contributed by atoms with E-state index >= 15 is 0 Å². The number of hydrogen-bond acceptors (Lipinski definition) is 4. The molecule has 1 aromatic rings. The Morgan fingerprint density at radius 2 is 1.95 bits per heavy atom. The van der Waals surface area contributed by atoms with Crippen molar-refractivity contribution in [2.45, 2.75) is 25.4 Å². The molecule has 1 saturated heterocycles. The molecule has 1 aliphatic heterocycles. The summed E-state index contributed by atoms with van der Waals surface area (Å²) in [6, 6.07) is 6.59. The first-order valence-electron chi connectivity index (χ1n) is 7.40. The first-order chi connectivity index (χ1) is 9.71. The van der Waals surface area contributed by atoms with Gasteiger partial charge in [-0.3, -0.25) is 4.90 Å². The number of methoxy groups -OCH3 is 2. The lowest BCUT2D eigenvalue weighted by Crippen LogP contribution is -2.30. The van der Waals surface area contributed by atoms with E-state index in [1.54, 1.807) is 14.2 Å². The number of rotatable bonds is 4. The van der Waals surface area contributed by atoms with Gasteiger partial charge < -0.3 is 15.2 Å². The van der Waals surface area contributed by atoms with Crippen LogP contribution in [0.3, 0.4) is 0 Å². The molecule has 1 aromatic carbocycles. The number of likely N-dealkylation sites (tertiary alicyclic amines) is 1. The Kier molecular flexibility index (Phi) is 3.85. The topological polar surface area (TPSA) is 47.7 Å². The van der Waals surface area contributed by atoms with Crippen molar-refractivity contribution in [3.05, 3.63) is 23.8 Å². The van der Waals surface area contributed by atoms with Gasteiger partial charge in [-0.1, -0.05) is 6.07 Å². The van der Waals surface area contributed by atoms with Crippen LogP contribution in [0, 0.1) is 11.8 Å². The highest BCUT2D eigenvalue weighted by Crippen LogP contribution is 2.38. The third-order valence-electron chi connectivity index (χ3n) is 4.84. The summed E-state index contributed by atoms with van der Waals surface area (Å²) in [4.78, 5) is 2.52. The molecule has 1 aliphatic carbocycles. The quantitative estimate of drug-likeness (QED) is 0.912. The van der Waals surface area contributed by atoms with E-state index in [0.717, 1.165) is 30.5 Å². The Hall–Kier alpha value is -1.26. The van der Waals surface area contributed by atoms with E-state index in [1.807, 2.05) is 6.07 Å². The molecule has 0 radical (unpaired) electrons. The lowest BCUT2D eigenvalue weighted by atomic mass is 9.98. The molecule has 0 spiro atoms. The molecule has 110 valence electrons. The van der Waals surface area contributed by atoms with Crippen molar-refractivity contribution < 1.29 is 9.47 Å². The van der Waals surface area contributed by atoms with Crippen LogP contribution >= 0.6 is 0 Å². The summed E-state index contributed by atoms with van der Waals surface area (Å²) in [5.74, 6) is 3.11. The zero-order chi connectivity index (χ0) is 14.1. The predicted octanol–water partition coefficient (Wildman–Crippen LogP) is 1.87. The molecule has 3 unspecified atom stereocenters. The summed E-state index contributed by atoms with van der Waals surface area (Å²) in [6.45, 7) is 3.30. The van der Waals surface area contributed by atoms with Crippen molar-refractivity contribution in [1.82, 2.24) is 4.90 Å². The molecule has 2 fully saturated rings. The van der Waals surface area contributed by atoms with Crippen molar-refractivity contribution in [2.24, 2.45) is 17.6 Å². The van der Waals surface area contributed by atoms with Gasteiger partial charge in [-0.05, 0) is 42.4 Å². The molecular weight excluding hydrogens is 252 g/mol. The fourth-order valence-corrected chi connectivity index (χ4v) is 3.77. The number of nitrogens with zero attached hydrogens (tertiary/aromatic N) is 1. The maximum atomic E-state index is 6.20. The fourth-order valence-electron chi connectivity index (χ4n) is 3.77. The summed E-state index contributed by atoms with van der Waals surface area (Å²) >= 11 is 0. The van der Waals surface area contributed by atoms with E-state index in [-0.39, 0.29) is 0 Å². The molecule has 3 atom stereocenters. The molecule has 3 rings (SSSR count). The van der Waals surface area contributed by atoms with Crippen molar-refractivity contribution in [1.29, 1.82) is 0 Å². The zero-order valence-corrected chi connectivity index (χ0v) is 12.3. The Bertz CT molecular complexity index is 478. The van der Waals surface area contributed by atoms with Gasteiger partial charge in [0.05, 0.1) is 14.2 Å². The minimum Gasteiger partial charge on any atom is -0.493 e. The maximum Gasteiger partial charge on any atom is 0.161 e. The van der Waals surface area contributed by atoms with Crippen LogP contribution < -0.4 is 15.2 Å². The second-order valence-corrected chi connectivity index (χ2v) is 6.05. The van der Waals surface area contributed by atoms with E-state index in [2.05, 4.69) is 17.0 Å². The third-order valence-corrected chi connectivity index (χ3v) is 4.84. The molecule has 0 bridgehead atoms. The summed E-state index contributed by atoms with van der Waals surface area (Å²) < 4.78 is 10.7. The second-order valence-electron chi connectivity index (χ2n) is 6.05. The minimum absolute atomic E-state index is 0.412. The van der Waals surface area contributed by atoms with Gasteiger partial charge in [0, 0.05) is 25.7 Å². The van der Waals surface area contributed by atoms with E-state index in [0.29, 0.717) is 12.0 Å². The van der Waals surface area contributed by atoms with E-state index in [1.165, 1.54) is 24.9 Å². The third kappa shape index (κ3) is 2.50. The molecule has 20 heavy (non-hydrogen) atoms. The van der Waals surface area contributed by atoms with Gasteiger partial charge in [0.2, 0.25) is 0 Å². The highest BCUT2D eigenvalue weighted by molar-refractivity contribution is 5.42. The standard InChI is InChI=1S/C16H24N2O2/c1-19-15-6-3-11(7-16(15)20-2)8-18-9-12-4-5-14(17)13(12)10-18/h3,6-7,12-14H,4-5,8-10,17H2,1-2H3. The Labute approximate surface area is 120 Å². The van der Waals surface area contributed by atoms with E-state index < -0.39 is 0 Å². The highest BCUT2D eigenvalue weighted by atomic mass is 16.5. The van der Waals surface area contributed by atoms with Crippen molar-refractivity contribution in [3.8, 4) is 11.5 Å². The number of benzene rings is 1. The highest BCUT2D eigenvalue weighted by Gasteiger charge is 2.40. The van der Waals surface area contributed by atoms with Gasteiger partial charge in [0.1, 0.15) is 0 Å². The summed E-state index contributed by atoms with van der Waals surface area (Å²) in [5.41, 5.74) is 7.47. The van der Waals surface area contributed by atoms with Crippen LogP contribution in [0.1, 0.15) is 18.4 Å². The van der Waals surface area contributed by atoms with Crippen LogP contribution in [0.15, 0.2) is 18.2 Å². The van der Waals surface area contributed by atoms with Gasteiger partial charge in [0.25, 0.3) is 0 Å². The van der Waals surface area contributed by atoms with Crippen molar-refractivity contribution in [2.75, 3.05) is 27.3 Å². The monoisotopic (exact) mass is 276 g/mol. The average Bonchev–Trinajstić information content (AvgIpc) is 3.01. The van der Waals surface area contributed by atoms with Crippen molar-refractivity contribution in [3.63, 3.8) is 0 Å². The molecule has 1 saturated carbocycles. The van der Waals surface area contributed by atoms with Crippen LogP contribution in [0.5, 0.6) is 11.5 Å². The molecule has 4 heteroatoms. The first-order valence-corrected chi connectivity index (χ1v) is 7.40. The Morgan fingerprint density at radius 1 is 1.15 bits per heavy atom. The van der Waals surface area contributed by atoms with Gasteiger partial charge in [-0.15, -0.1) is 0 Å². The van der Waals surface area contributed by atoms with Gasteiger partial charge in [-0.2, -0.15) is 0 Å². The lowest BCUT2D eigenvalue weighted by Gasteiger charge is -2.19. The van der Waals surface area contributed by atoms with Crippen LogP contribution in [-0.2, 0) is 6.54 Å². The smallest absolute Gasteiger partial charge is 0.161 e. The van der Waals surface area contributed by atoms with Crippen LogP contribution in [-0.4, -0.2) is 38.3 Å². The SMILES string of the molecule is COc1ccc(CN2CC3CCC(N)C3C2)cc1OC. The Balaban J connectivity index is 1.67. The van der Waals surface area contributed by atoms with Crippen LogP contribution in [0.2, 0.25) is 0 Å². The first kappa shape index (κ1) is 13.7. The molecule has 4 nitrogen and oxygen atoms in total. The van der Waals surface area contributed by atoms with Crippen molar-refractivity contribution >= 4 is 0 Å². The molecule has 0 aromatic heterocycles. The van der Waals surface area contributed by atoms with E-state index in [4.69, 9.17) is 15.2 Å². The van der Waals surface area contributed by atoms with Gasteiger partial charge >= 0.3 is 0 Å². The second kappa shape index (κ2) is 5.62. The average molecular weight is 276 g/mol. The normalized spacial score (nSPS) is 29.4. The van der Waals surface area contributed by atoms with Gasteiger partial charge in [-0.25, -0.2) is 0 Å². The van der Waals surface area contributed by atoms with E-state index in [9.17, 15) is 0 Å². The summed E-state index contributed by atoms with van der Waals surface area (Å²) in [5, 5.41) is 0. The predicted molar refractivity (Wildman–Crippen MR) is 79.0 cm³/mol. The minimum atomic E-state index is 0.412. The largest absolute Gasteiger partial charge is 0.493 e.